The molecular formula is C24H33ClN2O2S. The van der Waals surface area contributed by atoms with Gasteiger partial charge in [0.2, 0.25) is 10.0 Å². The van der Waals surface area contributed by atoms with Gasteiger partial charge in [0.05, 0.1) is 5.75 Å². The Balaban J connectivity index is 1.64. The lowest BCUT2D eigenvalue weighted by atomic mass is 9.76. The van der Waals surface area contributed by atoms with Crippen molar-refractivity contribution in [3.63, 3.8) is 0 Å². The average Bonchev–Trinajstić information content (AvgIpc) is 2.73. The molecule has 0 aliphatic heterocycles. The molecule has 6 heteroatoms. The number of unbranched alkanes of at least 4 members (excludes halogenated alkanes) is 1. The summed E-state index contributed by atoms with van der Waals surface area (Å²) >= 11 is 6.03. The largest absolute Gasteiger partial charge is 0.327 e. The fraction of sp³-hybridized carbons (Fsp3) is 0.500. The van der Waals surface area contributed by atoms with E-state index in [-0.39, 0.29) is 11.8 Å². The van der Waals surface area contributed by atoms with E-state index in [1.807, 2.05) is 19.1 Å². The van der Waals surface area contributed by atoms with Crippen molar-refractivity contribution in [3.05, 3.63) is 69.7 Å². The molecule has 3 N–H and O–H groups in total. The normalized spacial score (nSPS) is 18.9. The molecule has 0 amide bonds. The van der Waals surface area contributed by atoms with E-state index in [2.05, 4.69) is 35.1 Å². The van der Waals surface area contributed by atoms with E-state index >= 15 is 0 Å². The van der Waals surface area contributed by atoms with Gasteiger partial charge in [-0.25, -0.2) is 13.1 Å². The summed E-state index contributed by atoms with van der Waals surface area (Å²) < 4.78 is 26.6. The van der Waals surface area contributed by atoms with E-state index < -0.39 is 10.0 Å². The fourth-order valence-corrected chi connectivity index (χ4v) is 5.58. The zero-order chi connectivity index (χ0) is 21.6. The van der Waals surface area contributed by atoms with E-state index in [4.69, 9.17) is 17.3 Å². The maximum Gasteiger partial charge on any atom is 0.211 e. The van der Waals surface area contributed by atoms with Gasteiger partial charge in [0, 0.05) is 23.5 Å². The molecule has 0 saturated carbocycles. The number of halogens is 1. The third-order valence-corrected chi connectivity index (χ3v) is 7.70. The van der Waals surface area contributed by atoms with Crippen LogP contribution >= 0.6 is 11.6 Å². The van der Waals surface area contributed by atoms with Gasteiger partial charge in [0.15, 0.2) is 0 Å². The van der Waals surface area contributed by atoms with E-state index in [0.717, 1.165) is 43.5 Å². The summed E-state index contributed by atoms with van der Waals surface area (Å²) in [7, 11) is -3.14. The number of hydrogen-bond donors (Lipinski definition) is 2. The van der Waals surface area contributed by atoms with Crippen LogP contribution in [0.3, 0.4) is 0 Å². The zero-order valence-electron chi connectivity index (χ0n) is 17.7. The number of sulfonamides is 1. The van der Waals surface area contributed by atoms with Crippen molar-refractivity contribution < 1.29 is 8.42 Å². The van der Waals surface area contributed by atoms with Crippen molar-refractivity contribution >= 4 is 21.6 Å². The molecular weight excluding hydrogens is 416 g/mol. The van der Waals surface area contributed by atoms with Gasteiger partial charge in [0.25, 0.3) is 0 Å². The molecule has 0 spiro atoms. The molecule has 0 heterocycles. The molecule has 1 aliphatic rings. The number of nitrogens with two attached hydrogens (primary N) is 1. The average molecular weight is 449 g/mol. The molecule has 164 valence electrons. The maximum atomic E-state index is 11.9. The molecule has 0 fully saturated rings. The SMILES string of the molecule is CCCCS(=O)(=O)NCCCc1ccc2c(c1)C(Cc1ccc(Cl)cc1)C(N)CC2. The molecule has 0 bridgehead atoms. The lowest BCUT2D eigenvalue weighted by Crippen LogP contribution is -2.34. The van der Waals surface area contributed by atoms with Crippen LogP contribution in [0.2, 0.25) is 5.02 Å². The summed E-state index contributed by atoms with van der Waals surface area (Å²) in [5.41, 5.74) is 11.8. The molecule has 1 aliphatic carbocycles. The maximum absolute atomic E-state index is 11.9. The summed E-state index contributed by atoms with van der Waals surface area (Å²) in [6, 6.07) is 14.9. The Morgan fingerprint density at radius 3 is 2.57 bits per heavy atom. The fourth-order valence-electron chi connectivity index (χ4n) is 4.19. The monoisotopic (exact) mass is 448 g/mol. The summed E-state index contributed by atoms with van der Waals surface area (Å²) in [6.07, 6.45) is 6.16. The molecule has 4 nitrogen and oxygen atoms in total. The predicted molar refractivity (Wildman–Crippen MR) is 126 cm³/mol. The van der Waals surface area contributed by atoms with Gasteiger partial charge < -0.3 is 5.73 Å². The first kappa shape index (κ1) is 23.3. The first-order valence-electron chi connectivity index (χ1n) is 11.0. The van der Waals surface area contributed by atoms with Gasteiger partial charge in [-0.1, -0.05) is 55.3 Å². The Morgan fingerprint density at radius 2 is 1.83 bits per heavy atom. The van der Waals surface area contributed by atoms with Crippen LogP contribution in [0.1, 0.15) is 60.8 Å². The van der Waals surface area contributed by atoms with Gasteiger partial charge in [-0.2, -0.15) is 0 Å². The molecule has 0 saturated heterocycles. The van der Waals surface area contributed by atoms with Crippen molar-refractivity contribution in [2.45, 2.75) is 63.8 Å². The number of nitrogens with one attached hydrogen (secondary N) is 1. The Bertz CT molecular complexity index is 929. The van der Waals surface area contributed by atoms with Gasteiger partial charge in [-0.05, 0) is 72.9 Å². The number of hydrogen-bond acceptors (Lipinski definition) is 3. The minimum absolute atomic E-state index is 0.147. The van der Waals surface area contributed by atoms with Crippen molar-refractivity contribution in [2.24, 2.45) is 5.73 Å². The minimum atomic E-state index is -3.14. The van der Waals surface area contributed by atoms with Gasteiger partial charge in [-0.15, -0.1) is 0 Å². The number of rotatable bonds is 10. The summed E-state index contributed by atoms with van der Waals surface area (Å²) in [6.45, 7) is 2.48. The van der Waals surface area contributed by atoms with E-state index in [1.165, 1.54) is 22.3 Å². The Hall–Kier alpha value is -1.40. The van der Waals surface area contributed by atoms with Crippen LogP contribution in [0, 0.1) is 0 Å². The lowest BCUT2D eigenvalue weighted by molar-refractivity contribution is 0.467. The first-order chi connectivity index (χ1) is 14.4. The molecule has 30 heavy (non-hydrogen) atoms. The standard InChI is InChI=1S/C24H33ClN2O2S/c1-2-3-15-30(28,29)27-14-4-5-18-6-9-20-10-13-24(26)23(22(20)16-18)17-19-7-11-21(25)12-8-19/h6-9,11-12,16,23-24,27H,2-5,10,13-15,17,26H2,1H3. The third-order valence-electron chi connectivity index (χ3n) is 5.97. The van der Waals surface area contributed by atoms with Crippen molar-refractivity contribution in [3.8, 4) is 0 Å². The lowest BCUT2D eigenvalue weighted by Gasteiger charge is -2.32. The van der Waals surface area contributed by atoms with Gasteiger partial charge >= 0.3 is 0 Å². The molecule has 3 rings (SSSR count). The Morgan fingerprint density at radius 1 is 1.10 bits per heavy atom. The van der Waals surface area contributed by atoms with Crippen LogP contribution in [-0.4, -0.2) is 26.8 Å². The summed E-state index contributed by atoms with van der Waals surface area (Å²) in [5.74, 6) is 0.509. The predicted octanol–water partition coefficient (Wildman–Crippen LogP) is 4.59. The van der Waals surface area contributed by atoms with Crippen LogP contribution < -0.4 is 10.5 Å². The smallest absolute Gasteiger partial charge is 0.211 e. The van der Waals surface area contributed by atoms with E-state index in [9.17, 15) is 8.42 Å². The number of benzene rings is 2. The second kappa shape index (κ2) is 10.8. The van der Waals surface area contributed by atoms with E-state index in [0.29, 0.717) is 18.9 Å². The Kier molecular flexibility index (Phi) is 8.35. The second-order valence-electron chi connectivity index (χ2n) is 8.34. The molecule has 2 unspecified atom stereocenters. The van der Waals surface area contributed by atoms with Crippen LogP contribution in [-0.2, 0) is 29.3 Å². The van der Waals surface area contributed by atoms with E-state index in [1.54, 1.807) is 0 Å². The van der Waals surface area contributed by atoms with Crippen molar-refractivity contribution in [1.29, 1.82) is 0 Å². The minimum Gasteiger partial charge on any atom is -0.327 e. The van der Waals surface area contributed by atoms with Crippen molar-refractivity contribution in [1.82, 2.24) is 4.72 Å². The van der Waals surface area contributed by atoms with Crippen LogP contribution in [0.15, 0.2) is 42.5 Å². The third kappa shape index (κ3) is 6.55. The second-order valence-corrected chi connectivity index (χ2v) is 10.7. The highest BCUT2D eigenvalue weighted by molar-refractivity contribution is 7.89. The van der Waals surface area contributed by atoms with Crippen LogP contribution in [0.25, 0.3) is 0 Å². The molecule has 0 aromatic heterocycles. The number of fused-ring (bicyclic) bond motifs is 1. The molecule has 2 atom stereocenters. The van der Waals surface area contributed by atoms with Crippen LogP contribution in [0.5, 0.6) is 0 Å². The first-order valence-corrected chi connectivity index (χ1v) is 13.0. The quantitative estimate of drug-likeness (QED) is 0.522. The highest BCUT2D eigenvalue weighted by Crippen LogP contribution is 2.34. The molecule has 2 aromatic carbocycles. The molecule has 0 radical (unpaired) electrons. The zero-order valence-corrected chi connectivity index (χ0v) is 19.3. The highest BCUT2D eigenvalue weighted by Gasteiger charge is 2.27. The highest BCUT2D eigenvalue weighted by atomic mass is 35.5. The van der Waals surface area contributed by atoms with Gasteiger partial charge in [-0.3, -0.25) is 0 Å². The van der Waals surface area contributed by atoms with Crippen LogP contribution in [0.4, 0.5) is 0 Å². The molecule has 2 aromatic rings. The number of aryl methyl sites for hydroxylation is 2. The summed E-state index contributed by atoms with van der Waals surface area (Å²) in [5, 5.41) is 0.750. The van der Waals surface area contributed by atoms with Gasteiger partial charge in [0.1, 0.15) is 0 Å². The Labute approximate surface area is 186 Å². The van der Waals surface area contributed by atoms with Crippen molar-refractivity contribution in [2.75, 3.05) is 12.3 Å². The topological polar surface area (TPSA) is 72.2 Å². The summed E-state index contributed by atoms with van der Waals surface area (Å²) in [4.78, 5) is 0.